The van der Waals surface area contributed by atoms with Gasteiger partial charge < -0.3 is 29.6 Å². The number of phenols is 1. The Bertz CT molecular complexity index is 1140. The van der Waals surface area contributed by atoms with Gasteiger partial charge in [-0.2, -0.15) is 0 Å². The number of rotatable bonds is 6. The SMILES string of the molecule is Cc1ccc([C@H](Nc2c(Nc3cccc(C(=O)N4CCCC4)c3O)no[n+]2[O-])C(C)(C)C)o1. The van der Waals surface area contributed by atoms with Gasteiger partial charge in [0.25, 0.3) is 5.91 Å². The van der Waals surface area contributed by atoms with Crippen molar-refractivity contribution in [3.63, 3.8) is 0 Å². The molecule has 1 amide bonds. The third-order valence-corrected chi connectivity index (χ3v) is 5.72. The normalized spacial score (nSPS) is 15.0. The third kappa shape index (κ3) is 4.59. The summed E-state index contributed by atoms with van der Waals surface area (Å²) in [5, 5.41) is 33.1. The summed E-state index contributed by atoms with van der Waals surface area (Å²) >= 11 is 0. The predicted octanol–water partition coefficient (Wildman–Crippen LogP) is 4.09. The fourth-order valence-corrected chi connectivity index (χ4v) is 3.95. The van der Waals surface area contributed by atoms with Crippen molar-refractivity contribution >= 4 is 23.2 Å². The van der Waals surface area contributed by atoms with Crippen molar-refractivity contribution < 1.29 is 23.9 Å². The zero-order valence-corrected chi connectivity index (χ0v) is 19.2. The van der Waals surface area contributed by atoms with Gasteiger partial charge in [0.05, 0.1) is 11.3 Å². The summed E-state index contributed by atoms with van der Waals surface area (Å²) in [6.07, 6.45) is 1.90. The number of hydrogen-bond donors (Lipinski definition) is 3. The van der Waals surface area contributed by atoms with Crippen LogP contribution in [0.4, 0.5) is 17.3 Å². The first kappa shape index (κ1) is 22.5. The molecule has 0 aliphatic carbocycles. The Hall–Kier alpha value is -3.69. The van der Waals surface area contributed by atoms with Gasteiger partial charge in [0.15, 0.2) is 5.75 Å². The number of nitrogens with zero attached hydrogens (tertiary/aromatic N) is 3. The van der Waals surface area contributed by atoms with Gasteiger partial charge in [-0.1, -0.05) is 31.7 Å². The number of aromatic hydroxyl groups is 1. The molecule has 3 aromatic rings. The van der Waals surface area contributed by atoms with Crippen LogP contribution in [0.5, 0.6) is 5.75 Å². The van der Waals surface area contributed by atoms with Crippen LogP contribution in [0.3, 0.4) is 0 Å². The molecule has 10 heteroatoms. The van der Waals surface area contributed by atoms with E-state index in [0.29, 0.717) is 18.8 Å². The molecule has 1 aliphatic rings. The van der Waals surface area contributed by atoms with E-state index in [1.807, 2.05) is 39.8 Å². The second-order valence-electron chi connectivity index (χ2n) is 9.35. The summed E-state index contributed by atoms with van der Waals surface area (Å²) < 4.78 is 10.6. The van der Waals surface area contributed by atoms with Crippen molar-refractivity contribution in [1.29, 1.82) is 0 Å². The summed E-state index contributed by atoms with van der Waals surface area (Å²) in [6, 6.07) is 8.17. The lowest BCUT2D eigenvalue weighted by Gasteiger charge is -2.27. The monoisotopic (exact) mass is 455 g/mol. The molecular formula is C23H29N5O5. The van der Waals surface area contributed by atoms with Crippen LogP contribution in [0, 0.1) is 17.5 Å². The number of amides is 1. The molecule has 0 spiro atoms. The molecule has 0 unspecified atom stereocenters. The van der Waals surface area contributed by atoms with E-state index in [4.69, 9.17) is 9.05 Å². The van der Waals surface area contributed by atoms with Crippen LogP contribution in [-0.2, 0) is 0 Å². The van der Waals surface area contributed by atoms with E-state index in [1.54, 1.807) is 23.1 Å². The molecule has 0 saturated carbocycles. The van der Waals surface area contributed by atoms with Gasteiger partial charge in [-0.25, -0.2) is 0 Å². The first-order valence-electron chi connectivity index (χ1n) is 11.0. The topological polar surface area (TPSA) is 131 Å². The average molecular weight is 456 g/mol. The number of nitrogens with one attached hydrogen (secondary N) is 2. The number of likely N-dealkylation sites (tertiary alicyclic amines) is 1. The largest absolute Gasteiger partial charge is 0.505 e. The van der Waals surface area contributed by atoms with Crippen molar-refractivity contribution in [3.05, 3.63) is 52.6 Å². The smallest absolute Gasteiger partial charge is 0.320 e. The molecule has 33 heavy (non-hydrogen) atoms. The lowest BCUT2D eigenvalue weighted by Crippen LogP contribution is -2.33. The second kappa shape index (κ2) is 8.68. The number of carbonyl (C=O) groups is 1. The Morgan fingerprint density at radius 3 is 2.61 bits per heavy atom. The first-order valence-corrected chi connectivity index (χ1v) is 11.0. The molecule has 10 nitrogen and oxygen atoms in total. The standard InChI is InChI=1S/C23H29N5O5/c1-14-10-11-17(32-14)19(23(2,3)4)25-21-20(26-33-28(21)31)24-16-9-7-8-15(18(16)29)22(30)27-12-5-6-13-27/h7-11,19,25,29H,5-6,12-13H2,1-4H3,(H,24,26)/t19-/m0/s1. The average Bonchev–Trinajstić information content (AvgIpc) is 3.49. The number of furan rings is 1. The van der Waals surface area contributed by atoms with Gasteiger partial charge in [0.2, 0.25) is 0 Å². The number of para-hydroxylation sites is 1. The van der Waals surface area contributed by atoms with Crippen LogP contribution in [0.25, 0.3) is 0 Å². The number of benzene rings is 1. The van der Waals surface area contributed by atoms with E-state index in [2.05, 4.69) is 15.8 Å². The summed E-state index contributed by atoms with van der Waals surface area (Å²) in [7, 11) is 0. The van der Waals surface area contributed by atoms with E-state index in [0.717, 1.165) is 18.6 Å². The Balaban J connectivity index is 1.62. The lowest BCUT2D eigenvalue weighted by molar-refractivity contribution is -0.791. The van der Waals surface area contributed by atoms with Crippen LogP contribution >= 0.6 is 0 Å². The van der Waals surface area contributed by atoms with Gasteiger partial charge in [0, 0.05) is 18.5 Å². The molecule has 1 aliphatic heterocycles. The molecule has 0 bridgehead atoms. The second-order valence-corrected chi connectivity index (χ2v) is 9.35. The quantitative estimate of drug-likeness (QED) is 0.374. The fourth-order valence-electron chi connectivity index (χ4n) is 3.95. The zero-order chi connectivity index (χ0) is 23.8. The van der Waals surface area contributed by atoms with Crippen LogP contribution in [-0.4, -0.2) is 34.2 Å². The van der Waals surface area contributed by atoms with Crippen LogP contribution < -0.4 is 15.5 Å². The minimum absolute atomic E-state index is 0.0275. The molecular weight excluding hydrogens is 426 g/mol. The number of aromatic nitrogens is 2. The highest BCUT2D eigenvalue weighted by atomic mass is 16.8. The van der Waals surface area contributed by atoms with Crippen LogP contribution in [0.1, 0.15) is 61.5 Å². The zero-order valence-electron chi connectivity index (χ0n) is 19.2. The van der Waals surface area contributed by atoms with Crippen molar-refractivity contribution in [1.82, 2.24) is 10.1 Å². The maximum absolute atomic E-state index is 12.8. The van der Waals surface area contributed by atoms with E-state index in [1.165, 1.54) is 0 Å². The van der Waals surface area contributed by atoms with E-state index >= 15 is 0 Å². The highest BCUT2D eigenvalue weighted by molar-refractivity contribution is 5.99. The summed E-state index contributed by atoms with van der Waals surface area (Å²) in [5.74, 6) is 1.07. The fraction of sp³-hybridized carbons (Fsp3) is 0.435. The van der Waals surface area contributed by atoms with E-state index in [9.17, 15) is 15.1 Å². The number of aryl methyl sites for hydroxylation is 1. The van der Waals surface area contributed by atoms with Crippen LogP contribution in [0.15, 0.2) is 39.4 Å². The van der Waals surface area contributed by atoms with Crippen molar-refractivity contribution in [2.24, 2.45) is 5.41 Å². The van der Waals surface area contributed by atoms with Gasteiger partial charge in [-0.15, -0.1) is 0 Å². The third-order valence-electron chi connectivity index (χ3n) is 5.72. The molecule has 3 heterocycles. The molecule has 0 radical (unpaired) electrons. The highest BCUT2D eigenvalue weighted by Gasteiger charge is 2.35. The highest BCUT2D eigenvalue weighted by Crippen LogP contribution is 2.38. The molecule has 176 valence electrons. The molecule has 3 N–H and O–H groups in total. The van der Waals surface area contributed by atoms with Gasteiger partial charge in [0.1, 0.15) is 17.6 Å². The van der Waals surface area contributed by atoms with Crippen molar-refractivity contribution in [2.75, 3.05) is 23.7 Å². The Labute approximate surface area is 191 Å². The number of carbonyl (C=O) groups excluding carboxylic acids is 1. The Morgan fingerprint density at radius 1 is 1.24 bits per heavy atom. The van der Waals surface area contributed by atoms with Crippen molar-refractivity contribution in [3.8, 4) is 5.75 Å². The minimum Gasteiger partial charge on any atom is -0.505 e. The van der Waals surface area contributed by atoms with E-state index < -0.39 is 0 Å². The maximum Gasteiger partial charge on any atom is 0.320 e. The molecule has 1 saturated heterocycles. The van der Waals surface area contributed by atoms with Gasteiger partial charge in [-0.3, -0.25) is 10.1 Å². The Morgan fingerprint density at radius 2 is 1.97 bits per heavy atom. The lowest BCUT2D eigenvalue weighted by atomic mass is 9.85. The van der Waals surface area contributed by atoms with Gasteiger partial charge >= 0.3 is 11.6 Å². The van der Waals surface area contributed by atoms with Crippen LogP contribution in [0.2, 0.25) is 0 Å². The summed E-state index contributed by atoms with van der Waals surface area (Å²) in [6.45, 7) is 9.23. The number of hydrogen-bond acceptors (Lipinski definition) is 8. The molecule has 1 fully saturated rings. The number of phenolic OH excluding ortho intramolecular Hbond substituents is 1. The molecule has 2 aromatic heterocycles. The van der Waals surface area contributed by atoms with E-state index in [-0.39, 0.29) is 50.9 Å². The Kier molecular flexibility index (Phi) is 5.92. The molecule has 1 atom stereocenters. The molecule has 1 aromatic carbocycles. The first-order chi connectivity index (χ1) is 15.6. The number of anilines is 3. The predicted molar refractivity (Wildman–Crippen MR) is 121 cm³/mol. The van der Waals surface area contributed by atoms with Gasteiger partial charge in [-0.05, 0) is 49.2 Å². The minimum atomic E-state index is -0.372. The molecule has 4 rings (SSSR count). The summed E-state index contributed by atoms with van der Waals surface area (Å²) in [4.78, 5) is 14.8. The summed E-state index contributed by atoms with van der Waals surface area (Å²) in [5.41, 5.74) is 0.0995. The van der Waals surface area contributed by atoms with Crippen molar-refractivity contribution in [2.45, 2.75) is 46.6 Å². The maximum atomic E-state index is 12.8.